The second kappa shape index (κ2) is 5.30. The molecule has 2 rings (SSSR count). The van der Waals surface area contributed by atoms with Gasteiger partial charge in [-0.05, 0) is 13.0 Å². The summed E-state index contributed by atoms with van der Waals surface area (Å²) in [6.45, 7) is 2.81. The van der Waals surface area contributed by atoms with Gasteiger partial charge in [-0.3, -0.25) is 4.68 Å². The number of rotatable bonds is 5. The Balaban J connectivity index is 2.30. The number of nitrogens with two attached hydrogens (primary N) is 1. The summed E-state index contributed by atoms with van der Waals surface area (Å²) < 4.78 is 24.4. The first-order valence-electron chi connectivity index (χ1n) is 6.28. The van der Waals surface area contributed by atoms with Crippen molar-refractivity contribution < 1.29 is 8.42 Å². The van der Waals surface area contributed by atoms with Gasteiger partial charge in [0.2, 0.25) is 0 Å². The largest absolute Gasteiger partial charge is 0.326 e. The van der Waals surface area contributed by atoms with Gasteiger partial charge in [0.25, 0.3) is 0 Å². The summed E-state index contributed by atoms with van der Waals surface area (Å²) in [6.07, 6.45) is 1.68. The molecule has 104 valence electrons. The number of aryl methyl sites for hydroxylation is 1. The van der Waals surface area contributed by atoms with Crippen LogP contribution < -0.4 is 5.73 Å². The summed E-state index contributed by atoms with van der Waals surface area (Å²) >= 11 is 0. The molecule has 0 radical (unpaired) electrons. The zero-order chi connectivity index (χ0) is 14.0. The summed E-state index contributed by atoms with van der Waals surface area (Å²) in [7, 11) is -3.06. The average molecular weight is 281 g/mol. The maximum absolute atomic E-state index is 11.3. The van der Waals surface area contributed by atoms with Crippen molar-refractivity contribution in [2.75, 3.05) is 12.0 Å². The van der Waals surface area contributed by atoms with Crippen LogP contribution in [0.3, 0.4) is 0 Å². The topological polar surface area (TPSA) is 78.0 Å². The maximum atomic E-state index is 11.3. The van der Waals surface area contributed by atoms with E-state index >= 15 is 0 Å². The molecule has 0 bridgehead atoms. The molecular formula is C13H19N3O2S. The molecule has 0 saturated heterocycles. The van der Waals surface area contributed by atoms with Gasteiger partial charge < -0.3 is 5.73 Å². The Morgan fingerprint density at radius 3 is 2.68 bits per heavy atom. The van der Waals surface area contributed by atoms with Gasteiger partial charge in [0.1, 0.15) is 9.84 Å². The highest BCUT2D eigenvalue weighted by atomic mass is 32.2. The number of fused-ring (bicyclic) bond motifs is 1. The lowest BCUT2D eigenvalue weighted by Gasteiger charge is -2.08. The molecule has 0 saturated carbocycles. The number of sulfone groups is 1. The molecular weight excluding hydrogens is 262 g/mol. The lowest BCUT2D eigenvalue weighted by Crippen LogP contribution is -2.31. The van der Waals surface area contributed by atoms with Crippen LogP contribution in [0, 0.1) is 0 Å². The summed E-state index contributed by atoms with van der Waals surface area (Å²) in [5.41, 5.74) is 7.84. The highest BCUT2D eigenvalue weighted by Crippen LogP contribution is 2.19. The van der Waals surface area contributed by atoms with Crippen LogP contribution in [0.2, 0.25) is 0 Å². The second-order valence-electron chi connectivity index (χ2n) is 4.84. The average Bonchev–Trinajstić information content (AvgIpc) is 2.65. The zero-order valence-corrected chi connectivity index (χ0v) is 12.0. The molecule has 0 aliphatic heterocycles. The highest BCUT2D eigenvalue weighted by Gasteiger charge is 2.16. The van der Waals surface area contributed by atoms with Gasteiger partial charge in [-0.2, -0.15) is 5.10 Å². The fourth-order valence-electron chi connectivity index (χ4n) is 2.28. The van der Waals surface area contributed by atoms with E-state index in [1.807, 2.05) is 35.9 Å². The standard InChI is InChI=1S/C13H19N3O2S/c1-3-16-13-7-5-4-6-11(13)12(15-16)8-10(14)9-19(2,17)18/h4-7,10H,3,8-9,14H2,1-2H3. The minimum Gasteiger partial charge on any atom is -0.326 e. The lowest BCUT2D eigenvalue weighted by molar-refractivity contribution is 0.588. The van der Waals surface area contributed by atoms with E-state index in [1.54, 1.807) is 0 Å². The molecule has 1 unspecified atom stereocenters. The number of benzene rings is 1. The quantitative estimate of drug-likeness (QED) is 0.886. The van der Waals surface area contributed by atoms with Gasteiger partial charge >= 0.3 is 0 Å². The van der Waals surface area contributed by atoms with E-state index in [2.05, 4.69) is 5.10 Å². The van der Waals surface area contributed by atoms with Gasteiger partial charge in [0, 0.05) is 30.6 Å². The zero-order valence-electron chi connectivity index (χ0n) is 11.2. The first kappa shape index (κ1) is 14.0. The van der Waals surface area contributed by atoms with Crippen molar-refractivity contribution in [3.63, 3.8) is 0 Å². The van der Waals surface area contributed by atoms with Crippen molar-refractivity contribution in [3.8, 4) is 0 Å². The summed E-state index contributed by atoms with van der Waals surface area (Å²) in [5.74, 6) is -0.0136. The van der Waals surface area contributed by atoms with Crippen LogP contribution in [0.15, 0.2) is 24.3 Å². The Labute approximate surface area is 113 Å². The van der Waals surface area contributed by atoms with Crippen LogP contribution in [0.4, 0.5) is 0 Å². The third-order valence-corrected chi connectivity index (χ3v) is 4.04. The van der Waals surface area contributed by atoms with E-state index in [0.717, 1.165) is 23.1 Å². The SMILES string of the molecule is CCn1nc(CC(N)CS(C)(=O)=O)c2ccccc21. The van der Waals surface area contributed by atoms with Crippen molar-refractivity contribution in [1.29, 1.82) is 0 Å². The monoisotopic (exact) mass is 281 g/mol. The number of nitrogens with zero attached hydrogens (tertiary/aromatic N) is 2. The van der Waals surface area contributed by atoms with Gasteiger partial charge in [0.15, 0.2) is 0 Å². The van der Waals surface area contributed by atoms with E-state index in [4.69, 9.17) is 5.73 Å². The summed E-state index contributed by atoms with van der Waals surface area (Å²) in [6, 6.07) is 7.51. The van der Waals surface area contributed by atoms with E-state index in [-0.39, 0.29) is 5.75 Å². The first-order valence-corrected chi connectivity index (χ1v) is 8.34. The summed E-state index contributed by atoms with van der Waals surface area (Å²) in [4.78, 5) is 0. The van der Waals surface area contributed by atoms with Gasteiger partial charge in [-0.25, -0.2) is 8.42 Å². The van der Waals surface area contributed by atoms with Crippen LogP contribution in [-0.4, -0.2) is 36.2 Å². The molecule has 19 heavy (non-hydrogen) atoms. The fourth-order valence-corrected chi connectivity index (χ4v) is 3.18. The van der Waals surface area contributed by atoms with Gasteiger partial charge in [-0.15, -0.1) is 0 Å². The Kier molecular flexibility index (Phi) is 3.91. The third kappa shape index (κ3) is 3.33. The molecule has 2 aromatic rings. The Bertz CT molecular complexity index is 676. The number of aromatic nitrogens is 2. The number of hydrogen-bond donors (Lipinski definition) is 1. The molecule has 0 amide bonds. The van der Waals surface area contributed by atoms with Crippen LogP contribution in [0.1, 0.15) is 12.6 Å². The van der Waals surface area contributed by atoms with Crippen LogP contribution >= 0.6 is 0 Å². The normalized spacial score (nSPS) is 13.8. The van der Waals surface area contributed by atoms with Crippen LogP contribution in [0.5, 0.6) is 0 Å². The van der Waals surface area contributed by atoms with Crippen molar-refractivity contribution in [2.45, 2.75) is 25.9 Å². The minimum absolute atomic E-state index is 0.0136. The van der Waals surface area contributed by atoms with Gasteiger partial charge in [-0.1, -0.05) is 18.2 Å². The van der Waals surface area contributed by atoms with Crippen LogP contribution in [-0.2, 0) is 22.8 Å². The third-order valence-electron chi connectivity index (χ3n) is 3.01. The molecule has 1 atom stereocenters. The maximum Gasteiger partial charge on any atom is 0.148 e. The van der Waals surface area contributed by atoms with E-state index in [0.29, 0.717) is 6.42 Å². The molecule has 0 fully saturated rings. The highest BCUT2D eigenvalue weighted by molar-refractivity contribution is 7.90. The number of para-hydroxylation sites is 1. The van der Waals surface area contributed by atoms with E-state index in [1.165, 1.54) is 6.26 Å². The predicted octanol–water partition coefficient (Wildman–Crippen LogP) is 0.971. The lowest BCUT2D eigenvalue weighted by atomic mass is 10.1. The number of hydrogen-bond acceptors (Lipinski definition) is 4. The Morgan fingerprint density at radius 1 is 1.37 bits per heavy atom. The first-order chi connectivity index (χ1) is 8.90. The van der Waals surface area contributed by atoms with Gasteiger partial charge in [0.05, 0.1) is 17.0 Å². The second-order valence-corrected chi connectivity index (χ2v) is 7.02. The molecule has 1 aromatic heterocycles. The molecule has 6 heteroatoms. The molecule has 0 aliphatic carbocycles. The molecule has 5 nitrogen and oxygen atoms in total. The molecule has 0 spiro atoms. The van der Waals surface area contributed by atoms with E-state index < -0.39 is 15.9 Å². The molecule has 1 heterocycles. The molecule has 1 aromatic carbocycles. The van der Waals surface area contributed by atoms with Crippen molar-refractivity contribution in [2.24, 2.45) is 5.73 Å². The van der Waals surface area contributed by atoms with Crippen molar-refractivity contribution in [3.05, 3.63) is 30.0 Å². The fraction of sp³-hybridized carbons (Fsp3) is 0.462. The Morgan fingerprint density at radius 2 is 2.05 bits per heavy atom. The minimum atomic E-state index is -3.06. The smallest absolute Gasteiger partial charge is 0.148 e. The summed E-state index contributed by atoms with van der Waals surface area (Å²) in [5, 5.41) is 5.57. The van der Waals surface area contributed by atoms with Crippen molar-refractivity contribution in [1.82, 2.24) is 9.78 Å². The van der Waals surface area contributed by atoms with E-state index in [9.17, 15) is 8.42 Å². The predicted molar refractivity (Wildman–Crippen MR) is 76.8 cm³/mol. The molecule has 0 aliphatic rings. The van der Waals surface area contributed by atoms with Crippen LogP contribution in [0.25, 0.3) is 10.9 Å². The molecule has 2 N–H and O–H groups in total. The van der Waals surface area contributed by atoms with Crippen molar-refractivity contribution >= 4 is 20.7 Å². The Hall–Kier alpha value is -1.40.